The normalized spacial score (nSPS) is 35.2. The van der Waals surface area contributed by atoms with Gasteiger partial charge < -0.3 is 28.4 Å². The zero-order valence-corrected chi connectivity index (χ0v) is 18.9. The average molecular weight is 452 g/mol. The van der Waals surface area contributed by atoms with Crippen LogP contribution in [0.25, 0.3) is 0 Å². The van der Waals surface area contributed by atoms with E-state index in [1.165, 1.54) is 6.08 Å². The molecule has 0 spiro atoms. The van der Waals surface area contributed by atoms with E-state index in [9.17, 15) is 9.59 Å². The number of fused-ring (bicyclic) bond motifs is 2. The molecule has 0 bridgehead atoms. The van der Waals surface area contributed by atoms with Gasteiger partial charge in [0.1, 0.15) is 24.9 Å². The van der Waals surface area contributed by atoms with Crippen LogP contribution in [0.15, 0.2) is 24.2 Å². The summed E-state index contributed by atoms with van der Waals surface area (Å²) < 4.78 is 34.6. The first-order chi connectivity index (χ1) is 15.5. The maximum absolute atomic E-state index is 13.0. The van der Waals surface area contributed by atoms with Gasteiger partial charge in [-0.3, -0.25) is 9.69 Å². The van der Waals surface area contributed by atoms with E-state index in [4.69, 9.17) is 28.4 Å². The Hall–Kier alpha value is -1.94. The molecule has 1 aliphatic carbocycles. The van der Waals surface area contributed by atoms with Crippen LogP contribution in [0.4, 0.5) is 0 Å². The Bertz CT molecular complexity index is 746. The highest BCUT2D eigenvalue weighted by molar-refractivity contribution is 5.94. The second kappa shape index (κ2) is 10.3. The molecule has 1 saturated carbocycles. The molecule has 7 atom stereocenters. The van der Waals surface area contributed by atoms with E-state index in [0.717, 1.165) is 13.1 Å². The van der Waals surface area contributed by atoms with Gasteiger partial charge in [-0.05, 0) is 19.4 Å². The molecule has 0 aromatic rings. The Morgan fingerprint density at radius 2 is 2.03 bits per heavy atom. The lowest BCUT2D eigenvalue weighted by molar-refractivity contribution is -0.210. The van der Waals surface area contributed by atoms with Crippen LogP contribution < -0.4 is 0 Å². The summed E-state index contributed by atoms with van der Waals surface area (Å²) in [6.45, 7) is 7.63. The van der Waals surface area contributed by atoms with Crippen molar-refractivity contribution in [3.63, 3.8) is 0 Å². The molecule has 3 aliphatic heterocycles. The van der Waals surface area contributed by atoms with E-state index in [1.807, 2.05) is 13.0 Å². The van der Waals surface area contributed by atoms with Crippen molar-refractivity contribution >= 4 is 11.8 Å². The lowest BCUT2D eigenvalue weighted by Gasteiger charge is -2.48. The number of methoxy groups -OCH3 is 1. The number of allylic oxidation sites excluding steroid dienone is 2. The quantitative estimate of drug-likeness (QED) is 0.503. The molecule has 4 rings (SSSR count). The van der Waals surface area contributed by atoms with Gasteiger partial charge in [-0.25, -0.2) is 4.79 Å². The molecule has 0 radical (unpaired) electrons. The minimum Gasteiger partial charge on any atom is -0.495 e. The number of carbonyl (C=O) groups is 2. The van der Waals surface area contributed by atoms with Crippen molar-refractivity contribution in [2.75, 3.05) is 46.6 Å². The second-order valence-electron chi connectivity index (χ2n) is 8.59. The van der Waals surface area contributed by atoms with Crippen molar-refractivity contribution in [1.82, 2.24) is 4.90 Å². The molecule has 0 aromatic carbocycles. The molecule has 0 amide bonds. The lowest BCUT2D eigenvalue weighted by atomic mass is 9.71. The number of ether oxygens (including phenoxy) is 6. The van der Waals surface area contributed by atoms with Crippen molar-refractivity contribution in [2.24, 2.45) is 11.8 Å². The summed E-state index contributed by atoms with van der Waals surface area (Å²) in [4.78, 5) is 28.0. The van der Waals surface area contributed by atoms with Gasteiger partial charge in [-0.2, -0.15) is 0 Å². The van der Waals surface area contributed by atoms with Crippen LogP contribution in [0.2, 0.25) is 0 Å². The SMILES string of the molecule is CCC(OC1C2C=COC2C(OC)C2OC(C)=CC(=O)C12)C(=O)OCCN1CCOCC1. The van der Waals surface area contributed by atoms with Crippen molar-refractivity contribution in [3.05, 3.63) is 24.2 Å². The fraction of sp³-hybridized carbons (Fsp3) is 0.739. The van der Waals surface area contributed by atoms with Gasteiger partial charge in [-0.15, -0.1) is 0 Å². The summed E-state index contributed by atoms with van der Waals surface area (Å²) in [6, 6.07) is 0. The van der Waals surface area contributed by atoms with Crippen molar-refractivity contribution in [1.29, 1.82) is 0 Å². The Morgan fingerprint density at radius 3 is 2.75 bits per heavy atom. The van der Waals surface area contributed by atoms with Gasteiger partial charge in [0.2, 0.25) is 0 Å². The molecule has 9 nitrogen and oxygen atoms in total. The predicted octanol–water partition coefficient (Wildman–Crippen LogP) is 1.07. The van der Waals surface area contributed by atoms with Gasteiger partial charge in [0.05, 0.1) is 37.3 Å². The zero-order chi connectivity index (χ0) is 22.7. The monoisotopic (exact) mass is 451 g/mol. The summed E-state index contributed by atoms with van der Waals surface area (Å²) in [5, 5.41) is 0. The smallest absolute Gasteiger partial charge is 0.335 e. The third-order valence-electron chi connectivity index (χ3n) is 6.63. The van der Waals surface area contributed by atoms with E-state index < -0.39 is 36.3 Å². The summed E-state index contributed by atoms with van der Waals surface area (Å²) in [5.74, 6) is -0.778. The fourth-order valence-corrected chi connectivity index (χ4v) is 4.99. The number of rotatable bonds is 8. The summed E-state index contributed by atoms with van der Waals surface area (Å²) >= 11 is 0. The summed E-state index contributed by atoms with van der Waals surface area (Å²) in [7, 11) is 1.59. The third-order valence-corrected chi connectivity index (χ3v) is 6.63. The molecule has 7 unspecified atom stereocenters. The molecule has 1 saturated heterocycles. The van der Waals surface area contributed by atoms with Crippen LogP contribution in [0.5, 0.6) is 0 Å². The molecule has 178 valence electrons. The van der Waals surface area contributed by atoms with Gasteiger partial charge >= 0.3 is 5.97 Å². The number of nitrogens with zero attached hydrogens (tertiary/aromatic N) is 1. The molecule has 0 aromatic heterocycles. The molecule has 4 aliphatic rings. The summed E-state index contributed by atoms with van der Waals surface area (Å²) in [5.41, 5.74) is 0. The van der Waals surface area contributed by atoms with Gasteiger partial charge in [0, 0.05) is 38.7 Å². The maximum Gasteiger partial charge on any atom is 0.335 e. The van der Waals surface area contributed by atoms with E-state index in [-0.39, 0.29) is 17.8 Å². The minimum atomic E-state index is -0.779. The van der Waals surface area contributed by atoms with E-state index in [1.54, 1.807) is 20.3 Å². The van der Waals surface area contributed by atoms with Crippen LogP contribution in [0.1, 0.15) is 20.3 Å². The van der Waals surface area contributed by atoms with Crippen LogP contribution in [-0.4, -0.2) is 93.7 Å². The fourth-order valence-electron chi connectivity index (χ4n) is 4.99. The lowest BCUT2D eigenvalue weighted by Crippen LogP contribution is -2.62. The highest BCUT2D eigenvalue weighted by Gasteiger charge is 2.58. The highest BCUT2D eigenvalue weighted by atomic mass is 16.6. The number of morpholine rings is 1. The van der Waals surface area contributed by atoms with Crippen LogP contribution in [0.3, 0.4) is 0 Å². The Morgan fingerprint density at radius 1 is 1.25 bits per heavy atom. The maximum atomic E-state index is 13.0. The second-order valence-corrected chi connectivity index (χ2v) is 8.59. The van der Waals surface area contributed by atoms with Crippen LogP contribution in [0, 0.1) is 11.8 Å². The van der Waals surface area contributed by atoms with Crippen molar-refractivity contribution in [2.45, 2.75) is 50.8 Å². The standard InChI is InChI=1S/C23H33NO8/c1-4-17(23(26)30-12-8-24-6-10-28-11-7-24)32-19-15-5-9-29-20(15)22(27-3)21-18(19)16(25)13-14(2)31-21/h5,9,13,15,17-22H,4,6-8,10-12H2,1-3H3. The zero-order valence-electron chi connectivity index (χ0n) is 18.9. The predicted molar refractivity (Wildman–Crippen MR) is 113 cm³/mol. The van der Waals surface area contributed by atoms with Crippen molar-refractivity contribution < 1.29 is 38.0 Å². The van der Waals surface area contributed by atoms with Gasteiger partial charge in [0.25, 0.3) is 0 Å². The molecule has 0 N–H and O–H groups in total. The molecule has 32 heavy (non-hydrogen) atoms. The Balaban J connectivity index is 1.44. The van der Waals surface area contributed by atoms with Crippen LogP contribution >= 0.6 is 0 Å². The first-order valence-electron chi connectivity index (χ1n) is 11.4. The molecular weight excluding hydrogens is 418 g/mol. The average Bonchev–Trinajstić information content (AvgIpc) is 3.27. The largest absolute Gasteiger partial charge is 0.495 e. The van der Waals surface area contributed by atoms with Gasteiger partial charge in [0.15, 0.2) is 11.9 Å². The molecule has 2 fully saturated rings. The number of hydrogen-bond donors (Lipinski definition) is 0. The molecule has 9 heteroatoms. The van der Waals surface area contributed by atoms with E-state index in [0.29, 0.717) is 38.5 Å². The molecule has 3 heterocycles. The van der Waals surface area contributed by atoms with Gasteiger partial charge in [-0.1, -0.05) is 6.92 Å². The number of esters is 1. The Kier molecular flexibility index (Phi) is 7.50. The van der Waals surface area contributed by atoms with E-state index in [2.05, 4.69) is 4.90 Å². The van der Waals surface area contributed by atoms with Crippen molar-refractivity contribution in [3.8, 4) is 0 Å². The summed E-state index contributed by atoms with van der Waals surface area (Å²) in [6.07, 6.45) is 2.75. The number of hydrogen-bond acceptors (Lipinski definition) is 9. The topological polar surface area (TPSA) is 92.8 Å². The first-order valence-corrected chi connectivity index (χ1v) is 11.4. The highest BCUT2D eigenvalue weighted by Crippen LogP contribution is 2.44. The van der Waals surface area contributed by atoms with Crippen LogP contribution in [-0.2, 0) is 38.0 Å². The minimum absolute atomic E-state index is 0.0833. The number of ketones is 1. The Labute approximate surface area is 188 Å². The number of carbonyl (C=O) groups excluding carboxylic acids is 2. The first kappa shape index (κ1) is 23.2. The molecular formula is C23H33NO8. The van der Waals surface area contributed by atoms with E-state index >= 15 is 0 Å². The third kappa shape index (κ3) is 4.71.